The van der Waals surface area contributed by atoms with E-state index in [2.05, 4.69) is 29.7 Å². The Bertz CT molecular complexity index is 469. The average Bonchev–Trinajstić information content (AvgIpc) is 2.92. The van der Waals surface area contributed by atoms with Crippen LogP contribution in [-0.2, 0) is 19.3 Å². The molecule has 0 unspecified atom stereocenters. The number of aliphatic imine (C=N–C) groups is 1. The van der Waals surface area contributed by atoms with Crippen molar-refractivity contribution in [1.29, 1.82) is 0 Å². The van der Waals surface area contributed by atoms with Crippen molar-refractivity contribution in [2.75, 3.05) is 13.1 Å². The predicted octanol–water partition coefficient (Wildman–Crippen LogP) is 2.31. The third kappa shape index (κ3) is 2.09. The van der Waals surface area contributed by atoms with Gasteiger partial charge >= 0.3 is 0 Å². The number of benzene rings is 1. The Kier molecular flexibility index (Phi) is 3.22. The molecule has 1 aromatic rings. The van der Waals surface area contributed by atoms with Gasteiger partial charge in [-0.25, -0.2) is 4.99 Å². The van der Waals surface area contributed by atoms with Crippen molar-refractivity contribution in [3.63, 3.8) is 0 Å². The van der Waals surface area contributed by atoms with Crippen LogP contribution in [-0.4, -0.2) is 19.0 Å². The van der Waals surface area contributed by atoms with E-state index in [1.807, 2.05) is 0 Å². The molecule has 0 atom stereocenters. The van der Waals surface area contributed by atoms with E-state index in [0.29, 0.717) is 0 Å². The summed E-state index contributed by atoms with van der Waals surface area (Å²) in [6.07, 6.45) is 6.09. The molecular formula is C15H21N3. The minimum absolute atomic E-state index is 0.948. The molecule has 1 aliphatic heterocycles. The van der Waals surface area contributed by atoms with Crippen LogP contribution in [0.3, 0.4) is 0 Å². The molecule has 2 N–H and O–H groups in total. The fraction of sp³-hybridized carbons (Fsp3) is 0.533. The molecule has 0 bridgehead atoms. The summed E-state index contributed by atoms with van der Waals surface area (Å²) >= 11 is 0. The number of nitrogens with one attached hydrogen (secondary N) is 2. The van der Waals surface area contributed by atoms with E-state index < -0.39 is 0 Å². The van der Waals surface area contributed by atoms with Gasteiger partial charge in [0.2, 0.25) is 0 Å². The standard InChI is InChI=1S/C15H21N3/c1-2-11-7-8-12-5-3-4-6-13(12)14(11)18-15-16-9-10-17-15/h7-8H,2-6,9-10H2,1H3,(H2,16,17,18). The highest BCUT2D eigenvalue weighted by atomic mass is 15.2. The average molecular weight is 243 g/mol. The smallest absolute Gasteiger partial charge is 0.196 e. The van der Waals surface area contributed by atoms with Crippen molar-refractivity contribution in [2.24, 2.45) is 4.99 Å². The first-order valence-corrected chi connectivity index (χ1v) is 7.08. The van der Waals surface area contributed by atoms with Gasteiger partial charge in [0.05, 0.1) is 5.69 Å². The minimum atomic E-state index is 0.948. The first-order valence-electron chi connectivity index (χ1n) is 7.08. The molecule has 0 radical (unpaired) electrons. The van der Waals surface area contributed by atoms with Crippen molar-refractivity contribution >= 4 is 11.6 Å². The summed E-state index contributed by atoms with van der Waals surface area (Å²) < 4.78 is 0. The van der Waals surface area contributed by atoms with Crippen LogP contribution in [0.15, 0.2) is 17.1 Å². The van der Waals surface area contributed by atoms with Gasteiger partial charge < -0.3 is 10.6 Å². The van der Waals surface area contributed by atoms with E-state index in [1.165, 1.54) is 48.1 Å². The Morgan fingerprint density at radius 2 is 1.89 bits per heavy atom. The monoisotopic (exact) mass is 243 g/mol. The van der Waals surface area contributed by atoms with Crippen LogP contribution in [0.2, 0.25) is 0 Å². The van der Waals surface area contributed by atoms with Gasteiger partial charge in [0.15, 0.2) is 5.96 Å². The Labute approximate surface area is 109 Å². The topological polar surface area (TPSA) is 36.4 Å². The summed E-state index contributed by atoms with van der Waals surface area (Å²) in [5, 5.41) is 6.60. The third-order valence-electron chi connectivity index (χ3n) is 3.90. The molecular weight excluding hydrogens is 222 g/mol. The maximum Gasteiger partial charge on any atom is 0.196 e. The van der Waals surface area contributed by atoms with Crippen molar-refractivity contribution in [2.45, 2.75) is 39.0 Å². The number of rotatable bonds is 2. The van der Waals surface area contributed by atoms with Crippen LogP contribution in [0.25, 0.3) is 0 Å². The van der Waals surface area contributed by atoms with Crippen LogP contribution in [0, 0.1) is 0 Å². The van der Waals surface area contributed by atoms with Crippen LogP contribution in [0.5, 0.6) is 0 Å². The van der Waals surface area contributed by atoms with Gasteiger partial charge in [0, 0.05) is 13.1 Å². The molecule has 3 nitrogen and oxygen atoms in total. The lowest BCUT2D eigenvalue weighted by Crippen LogP contribution is -2.23. The summed E-state index contributed by atoms with van der Waals surface area (Å²) in [5.41, 5.74) is 5.60. The first-order chi connectivity index (χ1) is 8.88. The molecule has 2 aliphatic rings. The van der Waals surface area contributed by atoms with Gasteiger partial charge in [-0.2, -0.15) is 0 Å². The SMILES string of the molecule is CCc1ccc2c(c1N=C1NCCN1)CCCC2. The highest BCUT2D eigenvalue weighted by Gasteiger charge is 2.17. The molecule has 1 saturated heterocycles. The van der Waals surface area contributed by atoms with E-state index in [-0.39, 0.29) is 0 Å². The summed E-state index contributed by atoms with van der Waals surface area (Å²) in [7, 11) is 0. The molecule has 18 heavy (non-hydrogen) atoms. The van der Waals surface area contributed by atoms with Gasteiger partial charge in [0.1, 0.15) is 0 Å². The lowest BCUT2D eigenvalue weighted by atomic mass is 9.88. The van der Waals surface area contributed by atoms with E-state index in [4.69, 9.17) is 4.99 Å². The predicted molar refractivity (Wildman–Crippen MR) is 75.6 cm³/mol. The highest BCUT2D eigenvalue weighted by Crippen LogP contribution is 2.33. The van der Waals surface area contributed by atoms with Gasteiger partial charge in [-0.3, -0.25) is 0 Å². The maximum atomic E-state index is 4.84. The Morgan fingerprint density at radius 1 is 1.11 bits per heavy atom. The summed E-state index contributed by atoms with van der Waals surface area (Å²) in [5.74, 6) is 0.948. The zero-order valence-electron chi connectivity index (χ0n) is 11.1. The lowest BCUT2D eigenvalue weighted by molar-refractivity contribution is 0.685. The number of nitrogens with zero attached hydrogens (tertiary/aromatic N) is 1. The Morgan fingerprint density at radius 3 is 2.67 bits per heavy atom. The van der Waals surface area contributed by atoms with E-state index in [0.717, 1.165) is 25.5 Å². The zero-order chi connectivity index (χ0) is 12.4. The van der Waals surface area contributed by atoms with E-state index in [1.54, 1.807) is 0 Å². The number of hydrogen-bond acceptors (Lipinski definition) is 1. The molecule has 0 amide bonds. The number of hydrogen-bond donors (Lipinski definition) is 2. The van der Waals surface area contributed by atoms with Crippen LogP contribution in [0.4, 0.5) is 5.69 Å². The number of guanidine groups is 1. The second-order valence-electron chi connectivity index (χ2n) is 5.09. The van der Waals surface area contributed by atoms with Gasteiger partial charge in [0.25, 0.3) is 0 Å². The maximum absolute atomic E-state index is 4.84. The first kappa shape index (κ1) is 11.6. The largest absolute Gasteiger partial charge is 0.354 e. The molecule has 96 valence electrons. The third-order valence-corrected chi connectivity index (χ3v) is 3.90. The zero-order valence-corrected chi connectivity index (χ0v) is 11.1. The fourth-order valence-corrected chi connectivity index (χ4v) is 2.90. The van der Waals surface area contributed by atoms with Crippen LogP contribution in [0.1, 0.15) is 36.5 Å². The second kappa shape index (κ2) is 5.01. The molecule has 1 aromatic carbocycles. The van der Waals surface area contributed by atoms with Crippen LogP contribution < -0.4 is 10.6 Å². The molecule has 0 spiro atoms. The summed E-state index contributed by atoms with van der Waals surface area (Å²) in [6.45, 7) is 4.17. The van der Waals surface area contributed by atoms with Gasteiger partial charge in [-0.05, 0) is 48.8 Å². The Hall–Kier alpha value is -1.51. The van der Waals surface area contributed by atoms with E-state index >= 15 is 0 Å². The molecule has 1 fully saturated rings. The van der Waals surface area contributed by atoms with Crippen LogP contribution >= 0.6 is 0 Å². The molecule has 0 saturated carbocycles. The van der Waals surface area contributed by atoms with Crippen molar-refractivity contribution in [3.8, 4) is 0 Å². The number of aryl methyl sites for hydroxylation is 2. The fourth-order valence-electron chi connectivity index (χ4n) is 2.90. The molecule has 1 aliphatic carbocycles. The van der Waals surface area contributed by atoms with Gasteiger partial charge in [-0.1, -0.05) is 19.1 Å². The van der Waals surface area contributed by atoms with Gasteiger partial charge in [-0.15, -0.1) is 0 Å². The summed E-state index contributed by atoms with van der Waals surface area (Å²) in [6, 6.07) is 4.57. The van der Waals surface area contributed by atoms with Crippen molar-refractivity contribution in [1.82, 2.24) is 10.6 Å². The Balaban J connectivity index is 2.06. The lowest BCUT2D eigenvalue weighted by Gasteiger charge is -2.20. The van der Waals surface area contributed by atoms with E-state index in [9.17, 15) is 0 Å². The molecule has 3 rings (SSSR count). The molecule has 3 heteroatoms. The normalized spacial score (nSPS) is 17.9. The van der Waals surface area contributed by atoms with Crippen molar-refractivity contribution in [3.05, 3.63) is 28.8 Å². The second-order valence-corrected chi connectivity index (χ2v) is 5.09. The van der Waals surface area contributed by atoms with Crippen molar-refractivity contribution < 1.29 is 0 Å². The molecule has 1 heterocycles. The minimum Gasteiger partial charge on any atom is -0.354 e. The highest BCUT2D eigenvalue weighted by molar-refractivity contribution is 5.85. The quantitative estimate of drug-likeness (QED) is 0.836. The molecule has 0 aromatic heterocycles. The number of fused-ring (bicyclic) bond motifs is 1. The summed E-state index contributed by atoms with van der Waals surface area (Å²) in [4.78, 5) is 4.84.